The smallest absolute Gasteiger partial charge is 0.416 e. The molecule has 2 N–H and O–H groups in total. The Morgan fingerprint density at radius 1 is 1.14 bits per heavy atom. The molecule has 0 aliphatic carbocycles. The normalized spacial score (nSPS) is 12.5. The summed E-state index contributed by atoms with van der Waals surface area (Å²) in [4.78, 5) is 8.75. The summed E-state index contributed by atoms with van der Waals surface area (Å²) in [6.07, 6.45) is -4.36. The molecule has 29 heavy (non-hydrogen) atoms. The lowest BCUT2D eigenvalue weighted by molar-refractivity contribution is -0.137. The summed E-state index contributed by atoms with van der Waals surface area (Å²) in [5.41, 5.74) is 0.250. The molecule has 0 amide bonds. The molecule has 0 spiro atoms. The highest BCUT2D eigenvalue weighted by molar-refractivity contribution is 14.0. The predicted molar refractivity (Wildman–Crippen MR) is 119 cm³/mol. The molecular weight excluding hydrogens is 496 g/mol. The van der Waals surface area contributed by atoms with E-state index in [-0.39, 0.29) is 30.5 Å². The minimum absolute atomic E-state index is 0. The number of oxazole rings is 1. The van der Waals surface area contributed by atoms with E-state index in [0.29, 0.717) is 30.5 Å². The number of alkyl halides is 3. The molecule has 0 atom stereocenters. The van der Waals surface area contributed by atoms with Crippen LogP contribution in [0.5, 0.6) is 0 Å². The molecule has 0 unspecified atom stereocenters. The molecule has 1 aromatic heterocycles. The Labute approximate surface area is 186 Å². The van der Waals surface area contributed by atoms with Crippen LogP contribution < -0.4 is 10.6 Å². The van der Waals surface area contributed by atoms with Gasteiger partial charge in [-0.2, -0.15) is 13.2 Å². The van der Waals surface area contributed by atoms with Crippen LogP contribution in [0, 0.1) is 13.8 Å². The molecule has 0 saturated heterocycles. The van der Waals surface area contributed by atoms with Gasteiger partial charge < -0.3 is 15.1 Å². The first-order valence-corrected chi connectivity index (χ1v) is 9.15. The van der Waals surface area contributed by atoms with Gasteiger partial charge in [-0.25, -0.2) is 9.98 Å². The van der Waals surface area contributed by atoms with Crippen LogP contribution in [0.1, 0.15) is 49.2 Å². The molecule has 0 aliphatic rings. The molecule has 9 heteroatoms. The molecule has 1 heterocycles. The van der Waals surface area contributed by atoms with Crippen molar-refractivity contribution in [1.29, 1.82) is 0 Å². The maximum absolute atomic E-state index is 13.0. The van der Waals surface area contributed by atoms with Crippen LogP contribution in [0.25, 0.3) is 0 Å². The van der Waals surface area contributed by atoms with Gasteiger partial charge in [-0.1, -0.05) is 32.0 Å². The molecule has 2 aromatic rings. The molecule has 0 saturated carbocycles. The van der Waals surface area contributed by atoms with Gasteiger partial charge in [0.15, 0.2) is 5.96 Å². The Hall–Kier alpha value is -1.78. The number of hydrogen-bond donors (Lipinski definition) is 2. The second-order valence-electron chi connectivity index (χ2n) is 7.26. The third-order valence-electron chi connectivity index (χ3n) is 4.46. The average molecular weight is 524 g/mol. The van der Waals surface area contributed by atoms with Crippen molar-refractivity contribution in [1.82, 2.24) is 15.6 Å². The standard InChI is InChI=1S/C20H27F3N4O.HI/c1-6-24-18(25-11-17-27-13(2)14(3)28-17)26-12-19(4,5)15-8-7-9-16(10-15)20(21,22)23;/h7-10H,6,11-12H2,1-5H3,(H2,24,25,26);1H. The van der Waals surface area contributed by atoms with Gasteiger partial charge in [-0.15, -0.1) is 24.0 Å². The first-order valence-electron chi connectivity index (χ1n) is 9.15. The van der Waals surface area contributed by atoms with Crippen molar-refractivity contribution < 1.29 is 17.6 Å². The number of halogens is 4. The topological polar surface area (TPSA) is 62.5 Å². The van der Waals surface area contributed by atoms with E-state index in [0.717, 1.165) is 17.5 Å². The van der Waals surface area contributed by atoms with E-state index in [4.69, 9.17) is 4.42 Å². The molecule has 2 rings (SSSR count). The van der Waals surface area contributed by atoms with E-state index in [2.05, 4.69) is 20.6 Å². The van der Waals surface area contributed by atoms with Gasteiger partial charge in [0.1, 0.15) is 12.3 Å². The molecule has 1 aromatic carbocycles. The third-order valence-corrected chi connectivity index (χ3v) is 4.46. The van der Waals surface area contributed by atoms with Crippen molar-refractivity contribution in [2.75, 3.05) is 13.1 Å². The Morgan fingerprint density at radius 3 is 2.34 bits per heavy atom. The zero-order chi connectivity index (χ0) is 20.9. The second-order valence-corrected chi connectivity index (χ2v) is 7.26. The fourth-order valence-corrected chi connectivity index (χ4v) is 2.62. The molecule has 0 radical (unpaired) electrons. The van der Waals surface area contributed by atoms with Crippen molar-refractivity contribution in [3.63, 3.8) is 0 Å². The SMILES string of the molecule is CCNC(=NCc1nc(C)c(C)o1)NCC(C)(C)c1cccc(C(F)(F)F)c1.I. The average Bonchev–Trinajstić information content (AvgIpc) is 2.95. The summed E-state index contributed by atoms with van der Waals surface area (Å²) in [5, 5.41) is 6.32. The van der Waals surface area contributed by atoms with E-state index in [9.17, 15) is 13.2 Å². The number of aliphatic imine (C=N–C) groups is 1. The monoisotopic (exact) mass is 524 g/mol. The van der Waals surface area contributed by atoms with Crippen LogP contribution >= 0.6 is 24.0 Å². The van der Waals surface area contributed by atoms with Gasteiger partial charge in [0.25, 0.3) is 0 Å². The molecule has 0 bridgehead atoms. The first-order chi connectivity index (χ1) is 13.0. The van der Waals surface area contributed by atoms with E-state index < -0.39 is 17.2 Å². The summed E-state index contributed by atoms with van der Waals surface area (Å²) in [7, 11) is 0. The summed E-state index contributed by atoms with van der Waals surface area (Å²) in [5.74, 6) is 1.83. The quantitative estimate of drug-likeness (QED) is 0.319. The summed E-state index contributed by atoms with van der Waals surface area (Å²) in [6.45, 7) is 10.8. The van der Waals surface area contributed by atoms with E-state index >= 15 is 0 Å². The molecule has 162 valence electrons. The van der Waals surface area contributed by atoms with Gasteiger partial charge in [0.2, 0.25) is 5.89 Å². The highest BCUT2D eigenvalue weighted by Gasteiger charge is 2.32. The molecular formula is C20H28F3IN4O. The highest BCUT2D eigenvalue weighted by Crippen LogP contribution is 2.32. The lowest BCUT2D eigenvalue weighted by atomic mass is 9.84. The minimum Gasteiger partial charge on any atom is -0.444 e. The molecule has 0 fully saturated rings. The van der Waals surface area contributed by atoms with Gasteiger partial charge >= 0.3 is 6.18 Å². The van der Waals surface area contributed by atoms with Gasteiger partial charge in [-0.3, -0.25) is 0 Å². The van der Waals surface area contributed by atoms with E-state index in [1.807, 2.05) is 34.6 Å². The Bertz CT molecular complexity index is 812. The van der Waals surface area contributed by atoms with Gasteiger partial charge in [-0.05, 0) is 32.4 Å². The molecule has 5 nitrogen and oxygen atoms in total. The number of guanidine groups is 1. The fraction of sp³-hybridized carbons (Fsp3) is 0.500. The van der Waals surface area contributed by atoms with Crippen molar-refractivity contribution in [3.05, 3.63) is 52.7 Å². The Kier molecular flexibility index (Phi) is 8.98. The molecule has 0 aliphatic heterocycles. The first kappa shape index (κ1) is 25.3. The third kappa shape index (κ3) is 7.20. The van der Waals surface area contributed by atoms with Crippen LogP contribution in [0.4, 0.5) is 13.2 Å². The van der Waals surface area contributed by atoms with Crippen molar-refractivity contribution >= 4 is 29.9 Å². The van der Waals surface area contributed by atoms with Crippen LogP contribution in [0.2, 0.25) is 0 Å². The van der Waals surface area contributed by atoms with Crippen LogP contribution in [0.15, 0.2) is 33.7 Å². The lowest BCUT2D eigenvalue weighted by Crippen LogP contribution is -2.43. The zero-order valence-electron chi connectivity index (χ0n) is 17.3. The van der Waals surface area contributed by atoms with Gasteiger partial charge in [0, 0.05) is 18.5 Å². The Balaban J connectivity index is 0.00000420. The lowest BCUT2D eigenvalue weighted by Gasteiger charge is -2.27. The minimum atomic E-state index is -4.36. The fourth-order valence-electron chi connectivity index (χ4n) is 2.62. The van der Waals surface area contributed by atoms with Crippen molar-refractivity contribution in [3.8, 4) is 0 Å². The summed E-state index contributed by atoms with van der Waals surface area (Å²) in [6, 6.07) is 5.43. The zero-order valence-corrected chi connectivity index (χ0v) is 19.6. The van der Waals surface area contributed by atoms with Gasteiger partial charge in [0.05, 0.1) is 11.3 Å². The highest BCUT2D eigenvalue weighted by atomic mass is 127. The van der Waals surface area contributed by atoms with Crippen LogP contribution in [-0.2, 0) is 18.1 Å². The van der Waals surface area contributed by atoms with Crippen LogP contribution in [-0.4, -0.2) is 24.0 Å². The number of aromatic nitrogens is 1. The number of aryl methyl sites for hydroxylation is 2. The van der Waals surface area contributed by atoms with E-state index in [1.54, 1.807) is 6.07 Å². The summed E-state index contributed by atoms with van der Waals surface area (Å²) >= 11 is 0. The second kappa shape index (κ2) is 10.3. The number of hydrogen-bond acceptors (Lipinski definition) is 3. The Morgan fingerprint density at radius 2 is 1.79 bits per heavy atom. The largest absolute Gasteiger partial charge is 0.444 e. The number of nitrogens with zero attached hydrogens (tertiary/aromatic N) is 2. The number of rotatable bonds is 6. The van der Waals surface area contributed by atoms with Crippen molar-refractivity contribution in [2.45, 2.75) is 52.8 Å². The number of nitrogens with one attached hydrogen (secondary N) is 2. The van der Waals surface area contributed by atoms with Crippen molar-refractivity contribution in [2.24, 2.45) is 4.99 Å². The summed E-state index contributed by atoms with van der Waals surface area (Å²) < 4.78 is 44.5. The predicted octanol–water partition coefficient (Wildman–Crippen LogP) is 4.96. The maximum Gasteiger partial charge on any atom is 0.416 e. The van der Waals surface area contributed by atoms with E-state index in [1.165, 1.54) is 12.1 Å². The van der Waals surface area contributed by atoms with Crippen LogP contribution in [0.3, 0.4) is 0 Å². The number of benzene rings is 1. The maximum atomic E-state index is 13.0.